The maximum absolute atomic E-state index is 12.8. The van der Waals surface area contributed by atoms with Gasteiger partial charge in [0.05, 0.1) is 31.3 Å². The molecule has 2 bridgehead atoms. The molecule has 12 heteroatoms. The number of aromatic hydroxyl groups is 1. The third-order valence-electron chi connectivity index (χ3n) is 9.39. The number of amides is 1. The van der Waals surface area contributed by atoms with Crippen molar-refractivity contribution in [3.05, 3.63) is 39.4 Å². The lowest BCUT2D eigenvalue weighted by Crippen LogP contribution is -2.68. The summed E-state index contributed by atoms with van der Waals surface area (Å²) in [6, 6.07) is 1.83. The Morgan fingerprint density at radius 3 is 2.58 bits per heavy atom. The van der Waals surface area contributed by atoms with E-state index in [-0.39, 0.29) is 43.1 Å². The van der Waals surface area contributed by atoms with Crippen LogP contribution in [0.3, 0.4) is 0 Å². The molecule has 4 aliphatic rings. The highest BCUT2D eigenvalue weighted by atomic mass is 16.7. The molecule has 6 atom stereocenters. The Labute approximate surface area is 250 Å². The van der Waals surface area contributed by atoms with Gasteiger partial charge in [0.2, 0.25) is 12.7 Å². The number of nitrogens with one attached hydrogen (secondary N) is 1. The van der Waals surface area contributed by atoms with Gasteiger partial charge in [0, 0.05) is 47.8 Å². The van der Waals surface area contributed by atoms with Crippen LogP contribution in [0.2, 0.25) is 0 Å². The van der Waals surface area contributed by atoms with Gasteiger partial charge in [-0.05, 0) is 51.8 Å². The Morgan fingerprint density at radius 1 is 1.21 bits per heavy atom. The van der Waals surface area contributed by atoms with E-state index in [0.717, 1.165) is 22.3 Å². The zero-order valence-corrected chi connectivity index (χ0v) is 25.2. The van der Waals surface area contributed by atoms with Gasteiger partial charge < -0.3 is 35.1 Å². The van der Waals surface area contributed by atoms with Crippen molar-refractivity contribution in [2.24, 2.45) is 5.73 Å². The van der Waals surface area contributed by atoms with Gasteiger partial charge in [0.15, 0.2) is 23.0 Å². The number of nitriles is 1. The van der Waals surface area contributed by atoms with Crippen LogP contribution >= 0.6 is 0 Å². The molecule has 228 valence electrons. The van der Waals surface area contributed by atoms with Crippen LogP contribution in [0, 0.1) is 25.2 Å². The highest BCUT2D eigenvalue weighted by Gasteiger charge is 2.56. The highest BCUT2D eigenvalue weighted by molar-refractivity contribution is 5.81. The molecule has 6 rings (SSSR count). The van der Waals surface area contributed by atoms with E-state index in [1.807, 2.05) is 27.0 Å². The molecule has 0 saturated carbocycles. The number of phenols is 1. The zero-order valence-electron chi connectivity index (χ0n) is 25.2. The first-order valence-corrected chi connectivity index (χ1v) is 14.4. The van der Waals surface area contributed by atoms with Gasteiger partial charge in [-0.15, -0.1) is 0 Å². The molecule has 2 aromatic carbocycles. The standard InChI is InChI=1S/C31H37N5O7/c1-13-7-17-8-19-21(10-32)36-20(25(35(19)5)23(17)26(38)27(13)40-6)9-18-24(22(36)11-34-31(39)15(3)33)30-29(41-12-42-30)14(2)28(18)43-16(4)37/h7,15,19-22,25,38H,8-9,11-12,33H2,1-6H3,(H,34,39)/t15-,19+,20?,21-,22-,25-/m0/s1. The summed E-state index contributed by atoms with van der Waals surface area (Å²) in [7, 11) is 3.51. The molecular weight excluding hydrogens is 554 g/mol. The van der Waals surface area contributed by atoms with E-state index in [0.29, 0.717) is 47.0 Å². The Kier molecular flexibility index (Phi) is 7.15. The van der Waals surface area contributed by atoms with Crippen molar-refractivity contribution in [3.8, 4) is 34.8 Å². The van der Waals surface area contributed by atoms with Crippen molar-refractivity contribution in [3.63, 3.8) is 0 Å². The van der Waals surface area contributed by atoms with E-state index in [1.165, 1.54) is 14.0 Å². The predicted octanol–water partition coefficient (Wildman–Crippen LogP) is 1.91. The first-order chi connectivity index (χ1) is 20.5. The number of piperazine rings is 1. The fourth-order valence-electron chi connectivity index (χ4n) is 7.67. The highest BCUT2D eigenvalue weighted by Crippen LogP contribution is 2.58. The second-order valence-electron chi connectivity index (χ2n) is 11.9. The summed E-state index contributed by atoms with van der Waals surface area (Å²) in [5.74, 6) is 1.05. The van der Waals surface area contributed by atoms with E-state index in [1.54, 1.807) is 6.92 Å². The minimum atomic E-state index is -0.739. The van der Waals surface area contributed by atoms with Gasteiger partial charge in [-0.25, -0.2) is 0 Å². The van der Waals surface area contributed by atoms with E-state index in [2.05, 4.69) is 21.2 Å². The Balaban J connectivity index is 1.61. The number of likely N-dealkylation sites (N-methyl/N-ethyl adjacent to an activating group) is 1. The molecule has 1 unspecified atom stereocenters. The second kappa shape index (κ2) is 10.6. The van der Waals surface area contributed by atoms with Crippen LogP contribution in [0.1, 0.15) is 59.3 Å². The van der Waals surface area contributed by atoms with Crippen molar-refractivity contribution < 1.29 is 33.6 Å². The quantitative estimate of drug-likeness (QED) is 0.344. The number of esters is 1. The SMILES string of the molecule is COc1c(C)cc2c(c1O)[C@@H]1C3Cc4c(OC(C)=O)c(C)c5c(c4[C@H](CNC(=O)[C@H](C)N)N3[C@@H](C#N)[C@@H](C2)N1C)OCO5. The molecule has 0 spiro atoms. The number of fused-ring (bicyclic) bond motifs is 9. The number of aryl methyl sites for hydroxylation is 1. The smallest absolute Gasteiger partial charge is 0.308 e. The van der Waals surface area contributed by atoms with Crippen LogP contribution < -0.4 is 30.0 Å². The van der Waals surface area contributed by atoms with Crippen LogP contribution in [0.4, 0.5) is 0 Å². The summed E-state index contributed by atoms with van der Waals surface area (Å²) >= 11 is 0. The van der Waals surface area contributed by atoms with Crippen molar-refractivity contribution in [2.45, 2.75) is 76.8 Å². The summed E-state index contributed by atoms with van der Waals surface area (Å²) in [6.45, 7) is 6.79. The maximum Gasteiger partial charge on any atom is 0.308 e. The van der Waals surface area contributed by atoms with E-state index in [4.69, 9.17) is 24.7 Å². The fourth-order valence-corrected chi connectivity index (χ4v) is 7.67. The van der Waals surface area contributed by atoms with E-state index >= 15 is 0 Å². The van der Waals surface area contributed by atoms with Crippen molar-refractivity contribution >= 4 is 11.9 Å². The molecule has 0 radical (unpaired) electrons. The van der Waals surface area contributed by atoms with Gasteiger partial charge in [0.25, 0.3) is 0 Å². The molecule has 2 aromatic rings. The average molecular weight is 592 g/mol. The number of nitrogens with two attached hydrogens (primary N) is 1. The predicted molar refractivity (Wildman–Crippen MR) is 154 cm³/mol. The normalized spacial score (nSPS) is 26.0. The molecule has 0 aromatic heterocycles. The third-order valence-corrected chi connectivity index (χ3v) is 9.39. The summed E-state index contributed by atoms with van der Waals surface area (Å²) in [5.41, 5.74) is 10.5. The Hall–Kier alpha value is -4.05. The zero-order chi connectivity index (χ0) is 30.9. The lowest BCUT2D eigenvalue weighted by molar-refractivity contribution is -0.132. The molecule has 12 nitrogen and oxygen atoms in total. The summed E-state index contributed by atoms with van der Waals surface area (Å²) in [4.78, 5) is 29.4. The lowest BCUT2D eigenvalue weighted by Gasteiger charge is -2.60. The molecule has 4 N–H and O–H groups in total. The number of hydrogen-bond acceptors (Lipinski definition) is 11. The van der Waals surface area contributed by atoms with E-state index in [9.17, 15) is 20.0 Å². The number of carbonyl (C=O) groups is 2. The summed E-state index contributed by atoms with van der Waals surface area (Å²) in [6.07, 6.45) is 0.917. The number of rotatable bonds is 5. The van der Waals surface area contributed by atoms with Gasteiger partial charge in [-0.1, -0.05) is 6.07 Å². The van der Waals surface area contributed by atoms with Crippen molar-refractivity contribution in [1.82, 2.24) is 15.1 Å². The molecule has 0 aliphatic carbocycles. The fraction of sp³-hybridized carbons (Fsp3) is 0.516. The van der Waals surface area contributed by atoms with Crippen molar-refractivity contribution in [2.75, 3.05) is 27.5 Å². The van der Waals surface area contributed by atoms with Gasteiger partial charge in [-0.3, -0.25) is 19.4 Å². The lowest BCUT2D eigenvalue weighted by atomic mass is 9.71. The number of phenolic OH excluding ortho intramolecular Hbond substituents is 1. The van der Waals surface area contributed by atoms with E-state index < -0.39 is 24.1 Å². The number of methoxy groups -OCH3 is 1. The molecule has 4 heterocycles. The minimum absolute atomic E-state index is 0.00939. The van der Waals surface area contributed by atoms with Gasteiger partial charge in [-0.2, -0.15) is 5.26 Å². The average Bonchev–Trinajstić information content (AvgIpc) is 3.44. The van der Waals surface area contributed by atoms with Crippen LogP contribution in [0.15, 0.2) is 6.07 Å². The number of hydrogen-bond donors (Lipinski definition) is 3. The largest absolute Gasteiger partial charge is 0.504 e. The van der Waals surface area contributed by atoms with Crippen molar-refractivity contribution in [1.29, 1.82) is 5.26 Å². The second-order valence-corrected chi connectivity index (χ2v) is 11.9. The molecule has 1 saturated heterocycles. The Bertz CT molecular complexity index is 1570. The maximum atomic E-state index is 12.8. The van der Waals surface area contributed by atoms with Crippen LogP contribution in [0.5, 0.6) is 28.7 Å². The molecular formula is C31H37N5O7. The summed E-state index contributed by atoms with van der Waals surface area (Å²) in [5, 5.41) is 25.3. The number of benzene rings is 2. The van der Waals surface area contributed by atoms with Crippen LogP contribution in [-0.4, -0.2) is 78.4 Å². The summed E-state index contributed by atoms with van der Waals surface area (Å²) < 4.78 is 23.3. The third kappa shape index (κ3) is 4.29. The topological polar surface area (TPSA) is 160 Å². The van der Waals surface area contributed by atoms with Crippen LogP contribution in [-0.2, 0) is 22.4 Å². The molecule has 1 amide bonds. The molecule has 4 aliphatic heterocycles. The van der Waals surface area contributed by atoms with Gasteiger partial charge >= 0.3 is 5.97 Å². The minimum Gasteiger partial charge on any atom is -0.504 e. The number of ether oxygens (including phenoxy) is 4. The molecule has 1 fully saturated rings. The number of nitrogens with zero attached hydrogens (tertiary/aromatic N) is 3. The monoisotopic (exact) mass is 591 g/mol. The first kappa shape index (κ1) is 29.0. The first-order valence-electron chi connectivity index (χ1n) is 14.4. The number of carbonyl (C=O) groups excluding carboxylic acids is 2. The molecule has 43 heavy (non-hydrogen) atoms. The van der Waals surface area contributed by atoms with Gasteiger partial charge in [0.1, 0.15) is 11.8 Å². The van der Waals surface area contributed by atoms with Crippen LogP contribution in [0.25, 0.3) is 0 Å². The Morgan fingerprint density at radius 2 is 1.93 bits per heavy atom.